The summed E-state index contributed by atoms with van der Waals surface area (Å²) in [6.45, 7) is 1.84. The second kappa shape index (κ2) is 7.94. The number of azide groups is 1. The van der Waals surface area contributed by atoms with Crippen molar-refractivity contribution in [3.8, 4) is 5.75 Å². The number of halogens is 1. The van der Waals surface area contributed by atoms with E-state index in [1.54, 1.807) is 12.1 Å². The third-order valence-corrected chi connectivity index (χ3v) is 5.24. The molecule has 26 heavy (non-hydrogen) atoms. The van der Waals surface area contributed by atoms with Crippen LogP contribution in [0.25, 0.3) is 10.4 Å². The molecule has 8 heteroatoms. The van der Waals surface area contributed by atoms with Gasteiger partial charge in [0.2, 0.25) is 0 Å². The molecule has 1 N–H and O–H groups in total. The Morgan fingerprint density at radius 3 is 2.96 bits per heavy atom. The number of anilines is 1. The summed E-state index contributed by atoms with van der Waals surface area (Å²) in [5.74, 6) is 0.120. The van der Waals surface area contributed by atoms with Crippen LogP contribution in [0.5, 0.6) is 5.75 Å². The van der Waals surface area contributed by atoms with Gasteiger partial charge in [-0.25, -0.2) is 0 Å². The van der Waals surface area contributed by atoms with Crippen LogP contribution >= 0.6 is 22.6 Å². The Hall–Kier alpha value is -2.29. The maximum atomic E-state index is 12.9. The maximum absolute atomic E-state index is 12.9. The predicted octanol–water partition coefficient (Wildman–Crippen LogP) is 4.48. The summed E-state index contributed by atoms with van der Waals surface area (Å²) in [5, 5.41) is 6.63. The van der Waals surface area contributed by atoms with Crippen molar-refractivity contribution in [3.63, 3.8) is 0 Å². The molecule has 0 unspecified atom stereocenters. The molecule has 0 radical (unpaired) electrons. The fourth-order valence-electron chi connectivity index (χ4n) is 3.07. The van der Waals surface area contributed by atoms with Gasteiger partial charge >= 0.3 is 0 Å². The molecule has 0 atom stereocenters. The number of amides is 1. The molecular weight excluding hydrogens is 445 g/mol. The average molecular weight is 463 g/mol. The molecule has 0 aromatic heterocycles. The first-order valence-corrected chi connectivity index (χ1v) is 9.14. The number of hydrogen-bond acceptors (Lipinski definition) is 4. The highest BCUT2D eigenvalue weighted by molar-refractivity contribution is 14.1. The topological polar surface area (TPSA) is 90.3 Å². The molecule has 2 aromatic rings. The number of ether oxygens (including phenoxy) is 1. The van der Waals surface area contributed by atoms with Gasteiger partial charge in [-0.2, -0.15) is 0 Å². The van der Waals surface area contributed by atoms with Crippen molar-refractivity contribution in [2.24, 2.45) is 5.11 Å². The smallest absolute Gasteiger partial charge is 0.259 e. The number of nitrogens with one attached hydrogen (secondary N) is 1. The van der Waals surface area contributed by atoms with Crippen LogP contribution < -0.4 is 10.1 Å². The summed E-state index contributed by atoms with van der Waals surface area (Å²) in [6.07, 6.45) is 0.896. The minimum absolute atomic E-state index is 0.250. The molecule has 0 saturated carbocycles. The van der Waals surface area contributed by atoms with E-state index in [2.05, 4.69) is 33.4 Å². The van der Waals surface area contributed by atoms with Gasteiger partial charge in [-0.05, 0) is 70.9 Å². The third-order valence-electron chi connectivity index (χ3n) is 4.37. The second-order valence-corrected chi connectivity index (χ2v) is 7.24. The Kier molecular flexibility index (Phi) is 5.65. The molecule has 7 nitrogen and oxygen atoms in total. The lowest BCUT2D eigenvalue weighted by atomic mass is 9.98. The highest BCUT2D eigenvalue weighted by Gasteiger charge is 2.20. The number of likely N-dealkylation sites (N-methyl/N-ethyl adjacent to an activating group) is 1. The van der Waals surface area contributed by atoms with Gasteiger partial charge in [-0.1, -0.05) is 17.2 Å². The zero-order valence-corrected chi connectivity index (χ0v) is 16.6. The van der Waals surface area contributed by atoms with Gasteiger partial charge in [0, 0.05) is 27.3 Å². The summed E-state index contributed by atoms with van der Waals surface area (Å²) in [5.41, 5.74) is 12.7. The molecule has 134 valence electrons. The molecule has 0 fully saturated rings. The quantitative estimate of drug-likeness (QED) is 0.314. The van der Waals surface area contributed by atoms with E-state index in [1.165, 1.54) is 18.2 Å². The van der Waals surface area contributed by atoms with Gasteiger partial charge in [0.1, 0.15) is 5.75 Å². The number of nitrogens with zero attached hydrogens (tertiary/aromatic N) is 4. The van der Waals surface area contributed by atoms with E-state index in [-0.39, 0.29) is 5.91 Å². The maximum Gasteiger partial charge on any atom is 0.259 e. The van der Waals surface area contributed by atoms with Crippen molar-refractivity contribution < 1.29 is 9.53 Å². The Morgan fingerprint density at radius 1 is 1.42 bits per heavy atom. The van der Waals surface area contributed by atoms with Gasteiger partial charge < -0.3 is 15.0 Å². The first kappa shape index (κ1) is 18.5. The van der Waals surface area contributed by atoms with Crippen molar-refractivity contribution in [3.05, 3.63) is 61.0 Å². The zero-order chi connectivity index (χ0) is 18.7. The lowest BCUT2D eigenvalue weighted by molar-refractivity contribution is 0.102. The molecule has 0 aliphatic carbocycles. The monoisotopic (exact) mass is 463 g/mol. The molecular formula is C18H18IN5O2. The van der Waals surface area contributed by atoms with Crippen molar-refractivity contribution in [2.45, 2.75) is 13.0 Å². The molecule has 3 rings (SSSR count). The van der Waals surface area contributed by atoms with Crippen molar-refractivity contribution in [1.29, 1.82) is 0 Å². The summed E-state index contributed by atoms with van der Waals surface area (Å²) in [4.78, 5) is 17.9. The second-order valence-electron chi connectivity index (χ2n) is 6.08. The minimum Gasteiger partial charge on any atom is -0.496 e. The molecule has 1 amide bonds. The molecule has 1 aliphatic rings. The van der Waals surface area contributed by atoms with E-state index in [9.17, 15) is 4.79 Å². The first-order chi connectivity index (χ1) is 12.5. The van der Waals surface area contributed by atoms with E-state index < -0.39 is 0 Å². The van der Waals surface area contributed by atoms with Crippen LogP contribution in [0.3, 0.4) is 0 Å². The molecule has 0 saturated heterocycles. The van der Waals surface area contributed by atoms with Crippen molar-refractivity contribution >= 4 is 39.9 Å². The Morgan fingerprint density at radius 2 is 2.23 bits per heavy atom. The summed E-state index contributed by atoms with van der Waals surface area (Å²) in [6, 6.07) is 9.22. The van der Waals surface area contributed by atoms with Gasteiger partial charge in [-0.3, -0.25) is 4.79 Å². The average Bonchev–Trinajstić information content (AvgIpc) is 2.63. The molecule has 1 aliphatic heterocycles. The van der Waals surface area contributed by atoms with Gasteiger partial charge in [0.05, 0.1) is 18.4 Å². The van der Waals surface area contributed by atoms with Gasteiger partial charge in [0.15, 0.2) is 0 Å². The number of fused-ring (bicyclic) bond motifs is 1. The largest absolute Gasteiger partial charge is 0.496 e. The van der Waals surface area contributed by atoms with Crippen molar-refractivity contribution in [1.82, 2.24) is 4.90 Å². The summed E-state index contributed by atoms with van der Waals surface area (Å²) >= 11 is 2.04. The van der Waals surface area contributed by atoms with Crippen LogP contribution in [0.2, 0.25) is 0 Å². The normalized spacial score (nSPS) is 13.5. The zero-order valence-electron chi connectivity index (χ0n) is 14.5. The molecule has 1 heterocycles. The summed E-state index contributed by atoms with van der Waals surface area (Å²) in [7, 11) is 3.57. The predicted molar refractivity (Wildman–Crippen MR) is 109 cm³/mol. The molecule has 0 bridgehead atoms. The Balaban J connectivity index is 1.93. The first-order valence-electron chi connectivity index (χ1n) is 8.06. The number of carbonyl (C=O) groups excluding carboxylic acids is 1. The Bertz CT molecular complexity index is 909. The SMILES string of the molecule is COc1cc(N=[N+]=[N-])c(I)cc1C(=O)Nc1cccc2c1CCN(C)C2. The van der Waals surface area contributed by atoms with E-state index in [0.29, 0.717) is 20.6 Å². The van der Waals surface area contributed by atoms with E-state index in [0.717, 1.165) is 25.2 Å². The van der Waals surface area contributed by atoms with Gasteiger partial charge in [-0.15, -0.1) is 0 Å². The number of carbonyl (C=O) groups is 1. The number of benzene rings is 2. The molecule has 2 aromatic carbocycles. The van der Waals surface area contributed by atoms with E-state index in [1.807, 2.05) is 34.7 Å². The number of rotatable bonds is 4. The van der Waals surface area contributed by atoms with Crippen LogP contribution in [0.4, 0.5) is 11.4 Å². The van der Waals surface area contributed by atoms with Crippen molar-refractivity contribution in [2.75, 3.05) is 26.0 Å². The Labute approximate surface area is 165 Å². The van der Waals surface area contributed by atoms with Crippen LogP contribution in [0, 0.1) is 3.57 Å². The van der Waals surface area contributed by atoms with Crippen LogP contribution in [0.1, 0.15) is 21.5 Å². The third kappa shape index (κ3) is 3.77. The fourth-order valence-corrected chi connectivity index (χ4v) is 3.65. The highest BCUT2D eigenvalue weighted by atomic mass is 127. The van der Waals surface area contributed by atoms with Crippen LogP contribution in [-0.4, -0.2) is 31.5 Å². The minimum atomic E-state index is -0.250. The number of methoxy groups -OCH3 is 1. The molecule has 0 spiro atoms. The number of hydrogen-bond donors (Lipinski definition) is 1. The summed E-state index contributed by atoms with van der Waals surface area (Å²) < 4.78 is 6.00. The lowest BCUT2D eigenvalue weighted by Gasteiger charge is -2.26. The van der Waals surface area contributed by atoms with E-state index in [4.69, 9.17) is 10.3 Å². The van der Waals surface area contributed by atoms with Crippen LogP contribution in [-0.2, 0) is 13.0 Å². The standard InChI is InChI=1S/C18H18IN5O2/c1-24-7-6-12-11(10-24)4-3-5-15(12)21-18(25)13-8-14(19)16(22-23-20)9-17(13)26-2/h3-5,8-9H,6-7,10H2,1-2H3,(H,21,25). The fraction of sp³-hybridized carbons (Fsp3) is 0.278. The van der Waals surface area contributed by atoms with E-state index >= 15 is 0 Å². The van der Waals surface area contributed by atoms with Crippen LogP contribution in [0.15, 0.2) is 35.4 Å². The lowest BCUT2D eigenvalue weighted by Crippen LogP contribution is -2.27. The highest BCUT2D eigenvalue weighted by Crippen LogP contribution is 2.32. The van der Waals surface area contributed by atoms with Gasteiger partial charge in [0.25, 0.3) is 5.91 Å².